The molecule has 0 unspecified atom stereocenters. The van der Waals surface area contributed by atoms with Crippen LogP contribution in [0.25, 0.3) is 0 Å². The van der Waals surface area contributed by atoms with Gasteiger partial charge in [0.2, 0.25) is 11.8 Å². The van der Waals surface area contributed by atoms with Gasteiger partial charge in [-0.2, -0.15) is 0 Å². The molecular weight excluding hydrogens is 375 g/mol. The van der Waals surface area contributed by atoms with E-state index in [0.717, 1.165) is 10.0 Å². The molecule has 2 aromatic rings. The maximum Gasteiger partial charge on any atom is 0.240 e. The standard InChI is InChI=1S/C18H16BrFN2O2/c1-11-6-7-12(10-13(11)19)21-16(23)18(8-9-18)17(24)22-15-5-3-2-4-14(15)20/h2-7,10H,8-9H2,1H3,(H,21,23)(H,22,24). The molecule has 0 aliphatic heterocycles. The van der Waals surface area contributed by atoms with Crippen molar-refractivity contribution >= 4 is 39.1 Å². The number of benzene rings is 2. The Morgan fingerprint density at radius 2 is 1.75 bits per heavy atom. The van der Waals surface area contributed by atoms with Crippen LogP contribution in [0.2, 0.25) is 0 Å². The predicted molar refractivity (Wildman–Crippen MR) is 94.2 cm³/mol. The molecule has 0 atom stereocenters. The van der Waals surface area contributed by atoms with Gasteiger partial charge in [-0.25, -0.2) is 4.39 Å². The van der Waals surface area contributed by atoms with Crippen LogP contribution >= 0.6 is 15.9 Å². The largest absolute Gasteiger partial charge is 0.325 e. The average Bonchev–Trinajstić information content (AvgIpc) is 3.35. The van der Waals surface area contributed by atoms with E-state index in [-0.39, 0.29) is 11.6 Å². The number of nitrogens with one attached hydrogen (secondary N) is 2. The summed E-state index contributed by atoms with van der Waals surface area (Å²) < 4.78 is 14.5. The summed E-state index contributed by atoms with van der Waals surface area (Å²) in [5, 5.41) is 5.29. The Labute approximate surface area is 147 Å². The minimum Gasteiger partial charge on any atom is -0.325 e. The molecule has 0 heterocycles. The van der Waals surface area contributed by atoms with E-state index in [1.54, 1.807) is 24.3 Å². The SMILES string of the molecule is Cc1ccc(NC(=O)C2(C(=O)Nc3ccccc3F)CC2)cc1Br. The van der Waals surface area contributed by atoms with Crippen molar-refractivity contribution in [3.8, 4) is 0 Å². The number of carbonyl (C=O) groups is 2. The summed E-state index contributed by atoms with van der Waals surface area (Å²) in [5.41, 5.74) is 0.619. The smallest absolute Gasteiger partial charge is 0.240 e. The normalized spacial score (nSPS) is 14.8. The van der Waals surface area contributed by atoms with Gasteiger partial charge >= 0.3 is 0 Å². The Morgan fingerprint density at radius 3 is 2.38 bits per heavy atom. The van der Waals surface area contributed by atoms with Gasteiger partial charge in [0.1, 0.15) is 11.2 Å². The minimum atomic E-state index is -1.13. The van der Waals surface area contributed by atoms with Gasteiger partial charge < -0.3 is 10.6 Å². The van der Waals surface area contributed by atoms with E-state index in [1.807, 2.05) is 13.0 Å². The number of rotatable bonds is 4. The van der Waals surface area contributed by atoms with Crippen molar-refractivity contribution in [3.05, 3.63) is 58.3 Å². The van der Waals surface area contributed by atoms with Crippen LogP contribution in [0.3, 0.4) is 0 Å². The van der Waals surface area contributed by atoms with Gasteiger partial charge in [-0.1, -0.05) is 34.1 Å². The minimum absolute atomic E-state index is 0.0830. The molecule has 0 bridgehead atoms. The molecule has 6 heteroatoms. The average molecular weight is 391 g/mol. The highest BCUT2D eigenvalue weighted by Gasteiger charge is 2.56. The van der Waals surface area contributed by atoms with Crippen molar-refractivity contribution in [2.75, 3.05) is 10.6 Å². The Hall–Kier alpha value is -2.21. The number of hydrogen-bond acceptors (Lipinski definition) is 2. The molecule has 4 nitrogen and oxygen atoms in total. The van der Waals surface area contributed by atoms with Gasteiger partial charge in [-0.15, -0.1) is 0 Å². The third-order valence-corrected chi connectivity index (χ3v) is 5.03. The van der Waals surface area contributed by atoms with Crippen molar-refractivity contribution in [2.24, 2.45) is 5.41 Å². The zero-order valence-electron chi connectivity index (χ0n) is 13.0. The van der Waals surface area contributed by atoms with Crippen molar-refractivity contribution in [1.82, 2.24) is 0 Å². The Bertz CT molecular complexity index is 818. The number of amides is 2. The monoisotopic (exact) mass is 390 g/mol. The number of halogens is 2. The zero-order valence-corrected chi connectivity index (χ0v) is 14.6. The summed E-state index contributed by atoms with van der Waals surface area (Å²) in [6, 6.07) is 11.3. The molecule has 1 saturated carbocycles. The first-order chi connectivity index (χ1) is 11.4. The lowest BCUT2D eigenvalue weighted by atomic mass is 10.0. The van der Waals surface area contributed by atoms with E-state index in [0.29, 0.717) is 18.5 Å². The summed E-state index contributed by atoms with van der Waals surface area (Å²) in [7, 11) is 0. The Morgan fingerprint density at radius 1 is 1.08 bits per heavy atom. The molecule has 2 N–H and O–H groups in total. The van der Waals surface area contributed by atoms with Crippen LogP contribution < -0.4 is 10.6 Å². The number of carbonyl (C=O) groups excluding carboxylic acids is 2. The van der Waals surface area contributed by atoms with Crippen LogP contribution in [0.4, 0.5) is 15.8 Å². The summed E-state index contributed by atoms with van der Waals surface area (Å²) in [6.45, 7) is 1.94. The molecule has 0 aromatic heterocycles. The molecule has 0 radical (unpaired) electrons. The van der Waals surface area contributed by atoms with Crippen LogP contribution in [0, 0.1) is 18.2 Å². The van der Waals surface area contributed by atoms with Gasteiger partial charge in [0, 0.05) is 10.2 Å². The number of aryl methyl sites for hydroxylation is 1. The second-order valence-corrected chi connectivity index (χ2v) is 6.79. The van der Waals surface area contributed by atoms with E-state index >= 15 is 0 Å². The lowest BCUT2D eigenvalue weighted by Gasteiger charge is -2.16. The molecule has 1 fully saturated rings. The fraction of sp³-hybridized carbons (Fsp3) is 0.222. The molecule has 3 rings (SSSR count). The van der Waals surface area contributed by atoms with Gasteiger partial charge in [0.05, 0.1) is 5.69 Å². The summed E-state index contributed by atoms with van der Waals surface area (Å²) >= 11 is 3.41. The second-order valence-electron chi connectivity index (χ2n) is 5.93. The third kappa shape index (κ3) is 3.19. The van der Waals surface area contributed by atoms with Gasteiger partial charge in [0.25, 0.3) is 0 Å². The maximum atomic E-state index is 13.7. The summed E-state index contributed by atoms with van der Waals surface area (Å²) in [6.07, 6.45) is 0.901. The van der Waals surface area contributed by atoms with E-state index in [9.17, 15) is 14.0 Å². The summed E-state index contributed by atoms with van der Waals surface area (Å²) in [5.74, 6) is -1.37. The number of hydrogen-bond donors (Lipinski definition) is 2. The first-order valence-corrected chi connectivity index (χ1v) is 8.35. The maximum absolute atomic E-state index is 13.7. The lowest BCUT2D eigenvalue weighted by molar-refractivity contribution is -0.131. The number of para-hydroxylation sites is 1. The molecule has 0 spiro atoms. The second kappa shape index (κ2) is 6.36. The van der Waals surface area contributed by atoms with Crippen molar-refractivity contribution in [1.29, 1.82) is 0 Å². The van der Waals surface area contributed by atoms with Crippen LogP contribution in [-0.2, 0) is 9.59 Å². The highest BCUT2D eigenvalue weighted by molar-refractivity contribution is 9.10. The summed E-state index contributed by atoms with van der Waals surface area (Å²) in [4.78, 5) is 25.0. The van der Waals surface area contributed by atoms with Crippen LogP contribution in [0.5, 0.6) is 0 Å². The molecule has 0 saturated heterocycles. The molecule has 2 amide bonds. The molecule has 124 valence electrons. The highest BCUT2D eigenvalue weighted by Crippen LogP contribution is 2.47. The number of anilines is 2. The van der Waals surface area contributed by atoms with Crippen molar-refractivity contribution in [3.63, 3.8) is 0 Å². The van der Waals surface area contributed by atoms with E-state index in [4.69, 9.17) is 0 Å². The molecule has 1 aliphatic carbocycles. The quantitative estimate of drug-likeness (QED) is 0.766. The van der Waals surface area contributed by atoms with Crippen LogP contribution in [-0.4, -0.2) is 11.8 Å². The topological polar surface area (TPSA) is 58.2 Å². The molecule has 24 heavy (non-hydrogen) atoms. The van der Waals surface area contributed by atoms with Crippen LogP contribution in [0.15, 0.2) is 46.9 Å². The van der Waals surface area contributed by atoms with E-state index < -0.39 is 17.1 Å². The fourth-order valence-corrected chi connectivity index (χ4v) is 2.79. The fourth-order valence-electron chi connectivity index (χ4n) is 2.41. The van der Waals surface area contributed by atoms with Crippen molar-refractivity contribution in [2.45, 2.75) is 19.8 Å². The molecular formula is C18H16BrFN2O2. The van der Waals surface area contributed by atoms with E-state index in [1.165, 1.54) is 12.1 Å². The first-order valence-electron chi connectivity index (χ1n) is 7.56. The molecule has 2 aromatic carbocycles. The van der Waals surface area contributed by atoms with Gasteiger partial charge in [-0.05, 0) is 49.6 Å². The highest BCUT2D eigenvalue weighted by atomic mass is 79.9. The van der Waals surface area contributed by atoms with Crippen LogP contribution in [0.1, 0.15) is 18.4 Å². The lowest BCUT2D eigenvalue weighted by Crippen LogP contribution is -2.35. The predicted octanol–water partition coefficient (Wildman–Crippen LogP) is 4.25. The van der Waals surface area contributed by atoms with Gasteiger partial charge in [0.15, 0.2) is 0 Å². The molecule has 1 aliphatic rings. The Balaban J connectivity index is 1.73. The third-order valence-electron chi connectivity index (χ3n) is 4.17. The first kappa shape index (κ1) is 16.6. The van der Waals surface area contributed by atoms with Gasteiger partial charge in [-0.3, -0.25) is 9.59 Å². The zero-order chi connectivity index (χ0) is 17.3. The Kier molecular flexibility index (Phi) is 4.41. The van der Waals surface area contributed by atoms with E-state index in [2.05, 4.69) is 26.6 Å². The van der Waals surface area contributed by atoms with Crippen molar-refractivity contribution < 1.29 is 14.0 Å².